The first-order valence-corrected chi connectivity index (χ1v) is 11.0. The Labute approximate surface area is 184 Å². The molecule has 3 aromatic rings. The molecule has 0 aliphatic heterocycles. The van der Waals surface area contributed by atoms with Crippen molar-refractivity contribution in [2.24, 2.45) is 0 Å². The fourth-order valence-corrected chi connectivity index (χ4v) is 4.35. The van der Waals surface area contributed by atoms with Gasteiger partial charge in [-0.05, 0) is 62.1 Å². The van der Waals surface area contributed by atoms with Crippen molar-refractivity contribution < 1.29 is 9.59 Å². The predicted octanol–water partition coefficient (Wildman–Crippen LogP) is 3.88. The fraction of sp³-hybridized carbons (Fsp3) is 0.227. The second-order valence-corrected chi connectivity index (χ2v) is 8.56. The molecule has 154 valence electrons. The molecule has 0 saturated heterocycles. The zero-order valence-electron chi connectivity index (χ0n) is 16.4. The van der Waals surface area contributed by atoms with Gasteiger partial charge in [-0.25, -0.2) is 4.68 Å². The van der Waals surface area contributed by atoms with Crippen LogP contribution in [0.1, 0.15) is 33.7 Å². The number of hydrogen-bond acceptors (Lipinski definition) is 4. The van der Waals surface area contributed by atoms with Gasteiger partial charge in [-0.1, -0.05) is 29.8 Å². The van der Waals surface area contributed by atoms with E-state index in [4.69, 9.17) is 11.6 Å². The Bertz CT molecular complexity index is 1100. The lowest BCUT2D eigenvalue weighted by Gasteiger charge is -2.08. The number of para-hydroxylation sites is 1. The third-order valence-corrected chi connectivity index (χ3v) is 6.25. The molecule has 1 aromatic heterocycles. The van der Waals surface area contributed by atoms with Gasteiger partial charge < -0.3 is 0 Å². The van der Waals surface area contributed by atoms with Gasteiger partial charge in [0.25, 0.3) is 5.91 Å². The number of rotatable bonds is 5. The highest BCUT2D eigenvalue weighted by Gasteiger charge is 2.27. The third-order valence-electron chi connectivity index (χ3n) is 4.99. The molecule has 0 saturated carbocycles. The van der Waals surface area contributed by atoms with Crippen molar-refractivity contribution >= 4 is 35.2 Å². The number of thioether (sulfide) groups is 1. The predicted molar refractivity (Wildman–Crippen MR) is 118 cm³/mol. The Balaban J connectivity index is 1.41. The van der Waals surface area contributed by atoms with Gasteiger partial charge in [0.1, 0.15) is 0 Å². The van der Waals surface area contributed by atoms with Gasteiger partial charge in [-0.15, -0.1) is 11.8 Å². The number of fused-ring (bicyclic) bond motifs is 1. The number of hydrogen-bond donors (Lipinski definition) is 2. The van der Waals surface area contributed by atoms with Crippen LogP contribution in [0, 0.1) is 6.92 Å². The van der Waals surface area contributed by atoms with Crippen molar-refractivity contribution in [3.63, 3.8) is 0 Å². The highest BCUT2D eigenvalue weighted by Crippen LogP contribution is 2.28. The monoisotopic (exact) mass is 440 g/mol. The van der Waals surface area contributed by atoms with Crippen molar-refractivity contribution in [2.75, 3.05) is 5.75 Å². The first kappa shape index (κ1) is 20.5. The lowest BCUT2D eigenvalue weighted by atomic mass is 10.2. The third kappa shape index (κ3) is 4.37. The number of carbonyl (C=O) groups is 2. The Morgan fingerprint density at radius 2 is 1.87 bits per heavy atom. The summed E-state index contributed by atoms with van der Waals surface area (Å²) in [6.07, 6.45) is 2.68. The van der Waals surface area contributed by atoms with Crippen LogP contribution in [0.15, 0.2) is 53.4 Å². The van der Waals surface area contributed by atoms with E-state index >= 15 is 0 Å². The first-order chi connectivity index (χ1) is 14.5. The van der Waals surface area contributed by atoms with E-state index in [1.54, 1.807) is 12.1 Å². The Hall–Kier alpha value is -2.77. The van der Waals surface area contributed by atoms with Gasteiger partial charge >= 0.3 is 0 Å². The van der Waals surface area contributed by atoms with Gasteiger partial charge in [0.15, 0.2) is 5.69 Å². The number of aryl methyl sites for hydroxylation is 1. The zero-order valence-corrected chi connectivity index (χ0v) is 18.0. The summed E-state index contributed by atoms with van der Waals surface area (Å²) in [7, 11) is 0. The smallest absolute Gasteiger partial charge is 0.272 e. The van der Waals surface area contributed by atoms with Crippen LogP contribution >= 0.6 is 23.4 Å². The summed E-state index contributed by atoms with van der Waals surface area (Å²) in [6.45, 7) is 2.02. The lowest BCUT2D eigenvalue weighted by molar-refractivity contribution is -0.119. The summed E-state index contributed by atoms with van der Waals surface area (Å²) in [5.74, 6) is -0.513. The maximum atomic E-state index is 12.7. The molecule has 1 heterocycles. The van der Waals surface area contributed by atoms with Crippen LogP contribution < -0.4 is 10.9 Å². The maximum Gasteiger partial charge on any atom is 0.290 e. The first-order valence-electron chi connectivity index (χ1n) is 9.67. The SMILES string of the molecule is Cc1ccccc1-n1nc(C(=O)NNC(=O)CSc2ccc(Cl)cc2)c2c1CCC2. The molecule has 0 atom stereocenters. The molecular weight excluding hydrogens is 420 g/mol. The van der Waals surface area contributed by atoms with E-state index in [1.165, 1.54) is 11.8 Å². The van der Waals surface area contributed by atoms with Gasteiger partial charge in [0, 0.05) is 21.2 Å². The molecule has 2 aromatic carbocycles. The number of amides is 2. The minimum atomic E-state index is -0.398. The average molecular weight is 441 g/mol. The molecule has 1 aliphatic carbocycles. The van der Waals surface area contributed by atoms with Crippen molar-refractivity contribution in [1.82, 2.24) is 20.6 Å². The molecule has 8 heteroatoms. The van der Waals surface area contributed by atoms with Gasteiger partial charge in [-0.2, -0.15) is 5.10 Å². The standard InChI is InChI=1S/C22H21ClN4O2S/c1-14-5-2-3-7-18(14)27-19-8-4-6-17(19)21(26-27)22(29)25-24-20(28)13-30-16-11-9-15(23)10-12-16/h2-3,5,7,9-12H,4,6,8,13H2,1H3,(H,24,28)(H,25,29). The van der Waals surface area contributed by atoms with Crippen LogP contribution in [0.5, 0.6) is 0 Å². The molecule has 2 N–H and O–H groups in total. The molecule has 1 aliphatic rings. The van der Waals surface area contributed by atoms with Crippen molar-refractivity contribution in [3.05, 3.63) is 76.1 Å². The molecule has 4 rings (SSSR count). The fourth-order valence-electron chi connectivity index (χ4n) is 3.52. The second kappa shape index (κ2) is 8.93. The second-order valence-electron chi connectivity index (χ2n) is 7.07. The largest absolute Gasteiger partial charge is 0.290 e. The number of benzene rings is 2. The summed E-state index contributed by atoms with van der Waals surface area (Å²) in [6, 6.07) is 15.2. The summed E-state index contributed by atoms with van der Waals surface area (Å²) in [5.41, 5.74) is 9.45. The van der Waals surface area contributed by atoms with E-state index in [0.29, 0.717) is 10.7 Å². The summed E-state index contributed by atoms with van der Waals surface area (Å²) in [4.78, 5) is 25.8. The quantitative estimate of drug-likeness (QED) is 0.466. The van der Waals surface area contributed by atoms with E-state index in [2.05, 4.69) is 16.0 Å². The summed E-state index contributed by atoms with van der Waals surface area (Å²) < 4.78 is 1.87. The molecule has 0 fully saturated rings. The van der Waals surface area contributed by atoms with Crippen LogP contribution in [0.4, 0.5) is 0 Å². The van der Waals surface area contributed by atoms with Crippen LogP contribution in [0.3, 0.4) is 0 Å². The van der Waals surface area contributed by atoms with Crippen molar-refractivity contribution in [2.45, 2.75) is 31.1 Å². The Kier molecular flexibility index (Phi) is 6.11. The van der Waals surface area contributed by atoms with E-state index in [-0.39, 0.29) is 11.7 Å². The molecule has 2 amide bonds. The van der Waals surface area contributed by atoms with Crippen LogP contribution in [0.25, 0.3) is 5.69 Å². The molecule has 30 heavy (non-hydrogen) atoms. The normalized spacial score (nSPS) is 12.5. The topological polar surface area (TPSA) is 76.0 Å². The summed E-state index contributed by atoms with van der Waals surface area (Å²) in [5, 5.41) is 5.23. The number of nitrogens with one attached hydrogen (secondary N) is 2. The average Bonchev–Trinajstić information content (AvgIpc) is 3.35. The summed E-state index contributed by atoms with van der Waals surface area (Å²) >= 11 is 7.23. The van der Waals surface area contributed by atoms with Crippen LogP contribution in [0.2, 0.25) is 5.02 Å². The number of nitrogens with zero attached hydrogens (tertiary/aromatic N) is 2. The highest BCUT2D eigenvalue weighted by atomic mass is 35.5. The van der Waals surface area contributed by atoms with E-state index < -0.39 is 5.91 Å². The van der Waals surface area contributed by atoms with Gasteiger partial charge in [-0.3, -0.25) is 20.4 Å². The van der Waals surface area contributed by atoms with E-state index in [9.17, 15) is 9.59 Å². The van der Waals surface area contributed by atoms with E-state index in [1.807, 2.05) is 48.0 Å². The maximum absolute atomic E-state index is 12.7. The van der Waals surface area contributed by atoms with Crippen LogP contribution in [-0.4, -0.2) is 27.3 Å². The Morgan fingerprint density at radius 3 is 2.63 bits per heavy atom. The minimum absolute atomic E-state index is 0.178. The number of carbonyl (C=O) groups excluding carboxylic acids is 2. The lowest BCUT2D eigenvalue weighted by Crippen LogP contribution is -2.43. The molecule has 0 spiro atoms. The highest BCUT2D eigenvalue weighted by molar-refractivity contribution is 8.00. The molecular formula is C22H21ClN4O2S. The molecule has 0 unspecified atom stereocenters. The zero-order chi connectivity index (χ0) is 21.1. The number of hydrazine groups is 1. The van der Waals surface area contributed by atoms with E-state index in [0.717, 1.165) is 46.7 Å². The van der Waals surface area contributed by atoms with Crippen molar-refractivity contribution in [1.29, 1.82) is 0 Å². The Morgan fingerprint density at radius 1 is 1.10 bits per heavy atom. The molecule has 0 radical (unpaired) electrons. The van der Waals surface area contributed by atoms with Crippen molar-refractivity contribution in [3.8, 4) is 5.69 Å². The minimum Gasteiger partial charge on any atom is -0.272 e. The van der Waals surface area contributed by atoms with Crippen LogP contribution in [-0.2, 0) is 17.6 Å². The van der Waals surface area contributed by atoms with Gasteiger partial charge in [0.2, 0.25) is 5.91 Å². The number of aromatic nitrogens is 2. The van der Waals surface area contributed by atoms with Gasteiger partial charge in [0.05, 0.1) is 11.4 Å². The number of halogens is 1. The molecule has 0 bridgehead atoms. The molecule has 6 nitrogen and oxygen atoms in total.